The molecule has 7 heteroatoms. The van der Waals surface area contributed by atoms with E-state index in [1.165, 1.54) is 0 Å². The fourth-order valence-corrected chi connectivity index (χ4v) is 2.07. The van der Waals surface area contributed by atoms with E-state index in [0.717, 1.165) is 12.8 Å². The Morgan fingerprint density at radius 2 is 2.14 bits per heavy atom. The summed E-state index contributed by atoms with van der Waals surface area (Å²) < 4.78 is 11.9. The minimum absolute atomic E-state index is 0.230. The van der Waals surface area contributed by atoms with Gasteiger partial charge in [-0.05, 0) is 25.0 Å². The van der Waals surface area contributed by atoms with Crippen LogP contribution in [-0.2, 0) is 16.0 Å². The number of nitrogens with zero attached hydrogens (tertiary/aromatic N) is 3. The van der Waals surface area contributed by atoms with Crippen molar-refractivity contribution < 1.29 is 19.4 Å². The van der Waals surface area contributed by atoms with E-state index in [4.69, 9.17) is 9.47 Å². The van der Waals surface area contributed by atoms with E-state index in [-0.39, 0.29) is 5.56 Å². The number of methoxy groups -OCH3 is 1. The maximum Gasteiger partial charge on any atom is 0.337 e. The number of rotatable bonds is 9. The number of aromatic carboxylic acids is 1. The number of carboxylic acids is 1. The van der Waals surface area contributed by atoms with Gasteiger partial charge in [0.2, 0.25) is 0 Å². The molecular weight excluding hydrogens is 274 g/mol. The minimum atomic E-state index is -0.966. The number of carbonyl (C=O) groups is 1. The molecule has 0 saturated carbocycles. The fraction of sp³-hybridized carbons (Fsp3) is 0.500. The highest BCUT2D eigenvalue weighted by Crippen LogP contribution is 2.17. The predicted molar refractivity (Wildman–Crippen MR) is 76.4 cm³/mol. The third-order valence-electron chi connectivity index (χ3n) is 3.10. The van der Waals surface area contributed by atoms with Crippen LogP contribution < -0.4 is 0 Å². The molecule has 2 aromatic rings. The molecule has 1 aromatic carbocycles. The maximum absolute atomic E-state index is 11.2. The highest BCUT2D eigenvalue weighted by Gasteiger charge is 2.14. The molecule has 0 bridgehead atoms. The Morgan fingerprint density at radius 3 is 2.90 bits per heavy atom. The zero-order valence-corrected chi connectivity index (χ0v) is 12.0. The number of aryl methyl sites for hydroxylation is 1. The van der Waals surface area contributed by atoms with Crippen molar-refractivity contribution in [3.05, 3.63) is 23.8 Å². The maximum atomic E-state index is 11.2. The van der Waals surface area contributed by atoms with Crippen LogP contribution in [0.15, 0.2) is 18.2 Å². The van der Waals surface area contributed by atoms with Gasteiger partial charge in [-0.3, -0.25) is 0 Å². The van der Waals surface area contributed by atoms with Gasteiger partial charge in [-0.15, -0.1) is 5.10 Å². The van der Waals surface area contributed by atoms with Crippen LogP contribution in [-0.4, -0.2) is 53.0 Å². The first-order valence-corrected chi connectivity index (χ1v) is 6.86. The van der Waals surface area contributed by atoms with Crippen molar-refractivity contribution in [2.24, 2.45) is 0 Å². The number of unbranched alkanes of at least 4 members (excludes halogenated alkanes) is 1. The number of carboxylic acid groups (broad SMARTS) is 1. The van der Waals surface area contributed by atoms with Gasteiger partial charge in [-0.1, -0.05) is 11.3 Å². The lowest BCUT2D eigenvalue weighted by Crippen LogP contribution is -2.07. The number of benzene rings is 1. The van der Waals surface area contributed by atoms with Crippen LogP contribution in [0, 0.1) is 0 Å². The van der Waals surface area contributed by atoms with Gasteiger partial charge in [0.15, 0.2) is 0 Å². The highest BCUT2D eigenvalue weighted by molar-refractivity contribution is 6.00. The quantitative estimate of drug-likeness (QED) is 0.706. The summed E-state index contributed by atoms with van der Waals surface area (Å²) in [5.74, 6) is -0.966. The fourth-order valence-electron chi connectivity index (χ4n) is 2.07. The summed E-state index contributed by atoms with van der Waals surface area (Å²) in [6.07, 6.45) is 1.72. The summed E-state index contributed by atoms with van der Waals surface area (Å²) in [6, 6.07) is 5.01. The Labute approximate surface area is 122 Å². The first-order valence-electron chi connectivity index (χ1n) is 6.86. The lowest BCUT2D eigenvalue weighted by atomic mass is 10.2. The van der Waals surface area contributed by atoms with Crippen molar-refractivity contribution in [2.45, 2.75) is 19.4 Å². The number of aromatic nitrogens is 3. The van der Waals surface area contributed by atoms with Crippen molar-refractivity contribution in [3.63, 3.8) is 0 Å². The molecule has 1 N–H and O–H groups in total. The van der Waals surface area contributed by atoms with E-state index < -0.39 is 5.97 Å². The number of hydrogen-bond donors (Lipinski definition) is 1. The normalized spacial score (nSPS) is 11.1. The number of ether oxygens (including phenoxy) is 2. The Bertz CT molecular complexity index is 597. The zero-order chi connectivity index (χ0) is 15.1. The van der Waals surface area contributed by atoms with Crippen LogP contribution in [0.2, 0.25) is 0 Å². The van der Waals surface area contributed by atoms with Crippen LogP contribution in [0.25, 0.3) is 11.0 Å². The van der Waals surface area contributed by atoms with Crippen molar-refractivity contribution in [3.8, 4) is 0 Å². The van der Waals surface area contributed by atoms with E-state index in [9.17, 15) is 9.90 Å². The first kappa shape index (κ1) is 15.4. The number of fused-ring (bicyclic) bond motifs is 1. The van der Waals surface area contributed by atoms with Crippen molar-refractivity contribution >= 4 is 17.0 Å². The Balaban J connectivity index is 1.92. The van der Waals surface area contributed by atoms with Crippen LogP contribution in [0.1, 0.15) is 23.2 Å². The summed E-state index contributed by atoms with van der Waals surface area (Å²) in [6.45, 7) is 2.46. The van der Waals surface area contributed by atoms with Crippen molar-refractivity contribution in [2.75, 3.05) is 26.9 Å². The Kier molecular flexibility index (Phi) is 5.65. The van der Waals surface area contributed by atoms with Crippen LogP contribution >= 0.6 is 0 Å². The topological polar surface area (TPSA) is 86.5 Å². The van der Waals surface area contributed by atoms with E-state index in [2.05, 4.69) is 10.3 Å². The van der Waals surface area contributed by atoms with E-state index in [1.807, 2.05) is 0 Å². The van der Waals surface area contributed by atoms with Crippen LogP contribution in [0.5, 0.6) is 0 Å². The average molecular weight is 293 g/mol. The lowest BCUT2D eigenvalue weighted by Gasteiger charge is -2.05. The molecule has 0 aliphatic rings. The van der Waals surface area contributed by atoms with Gasteiger partial charge in [0.1, 0.15) is 11.0 Å². The van der Waals surface area contributed by atoms with E-state index >= 15 is 0 Å². The van der Waals surface area contributed by atoms with Gasteiger partial charge < -0.3 is 14.6 Å². The molecule has 0 atom stereocenters. The molecule has 7 nitrogen and oxygen atoms in total. The number of hydrogen-bond acceptors (Lipinski definition) is 5. The van der Waals surface area contributed by atoms with Gasteiger partial charge in [0, 0.05) is 20.3 Å². The molecular formula is C14H19N3O4. The van der Waals surface area contributed by atoms with Gasteiger partial charge in [-0.2, -0.15) is 0 Å². The van der Waals surface area contributed by atoms with Crippen molar-refractivity contribution in [1.82, 2.24) is 15.0 Å². The van der Waals surface area contributed by atoms with Gasteiger partial charge >= 0.3 is 5.97 Å². The van der Waals surface area contributed by atoms with Gasteiger partial charge in [0.05, 0.1) is 18.8 Å². The standard InChI is InChI=1S/C14H19N3O4/c1-20-9-10-21-8-3-2-7-17-13-11(14(18)19)5-4-6-12(13)15-16-17/h4-6H,2-3,7-10H2,1H3,(H,18,19). The van der Waals surface area contributed by atoms with Gasteiger partial charge in [-0.25, -0.2) is 9.48 Å². The second-order valence-electron chi connectivity index (χ2n) is 4.60. The third kappa shape index (κ3) is 3.99. The largest absolute Gasteiger partial charge is 0.478 e. The first-order chi connectivity index (χ1) is 10.2. The highest BCUT2D eigenvalue weighted by atomic mass is 16.5. The van der Waals surface area contributed by atoms with Gasteiger partial charge in [0.25, 0.3) is 0 Å². The molecule has 0 spiro atoms. The molecule has 1 heterocycles. The summed E-state index contributed by atoms with van der Waals surface area (Å²) in [5.41, 5.74) is 1.41. The second-order valence-corrected chi connectivity index (χ2v) is 4.60. The molecule has 0 saturated heterocycles. The molecule has 0 unspecified atom stereocenters. The van der Waals surface area contributed by atoms with Crippen LogP contribution in [0.3, 0.4) is 0 Å². The molecule has 0 amide bonds. The monoisotopic (exact) mass is 293 g/mol. The average Bonchev–Trinajstić information content (AvgIpc) is 2.89. The SMILES string of the molecule is COCCOCCCCn1nnc2cccc(C(=O)O)c21. The third-order valence-corrected chi connectivity index (χ3v) is 3.10. The van der Waals surface area contributed by atoms with E-state index in [0.29, 0.717) is 37.4 Å². The van der Waals surface area contributed by atoms with Crippen molar-refractivity contribution in [1.29, 1.82) is 0 Å². The summed E-state index contributed by atoms with van der Waals surface area (Å²) in [4.78, 5) is 11.2. The Hall–Kier alpha value is -1.99. The molecule has 114 valence electrons. The summed E-state index contributed by atoms with van der Waals surface area (Å²) >= 11 is 0. The zero-order valence-electron chi connectivity index (χ0n) is 12.0. The van der Waals surface area contributed by atoms with Crippen LogP contribution in [0.4, 0.5) is 0 Å². The molecule has 21 heavy (non-hydrogen) atoms. The molecule has 2 rings (SSSR count). The predicted octanol–water partition coefficient (Wildman–Crippen LogP) is 1.57. The smallest absolute Gasteiger partial charge is 0.337 e. The molecule has 0 aliphatic carbocycles. The molecule has 0 aliphatic heterocycles. The summed E-state index contributed by atoms with van der Waals surface area (Å²) in [5, 5.41) is 17.2. The van der Waals surface area contributed by atoms with E-state index in [1.54, 1.807) is 30.0 Å². The molecule has 0 radical (unpaired) electrons. The minimum Gasteiger partial charge on any atom is -0.478 e. The second kappa shape index (κ2) is 7.70. The molecule has 1 aromatic heterocycles. The molecule has 0 fully saturated rings. The summed E-state index contributed by atoms with van der Waals surface area (Å²) in [7, 11) is 1.64. The lowest BCUT2D eigenvalue weighted by molar-refractivity contribution is 0.0682. The Morgan fingerprint density at radius 1 is 1.29 bits per heavy atom. The number of para-hydroxylation sites is 1.